The van der Waals surface area contributed by atoms with E-state index in [1.807, 2.05) is 18.5 Å². The van der Waals surface area contributed by atoms with Gasteiger partial charge in [0.2, 0.25) is 0 Å². The van der Waals surface area contributed by atoms with Gasteiger partial charge in [-0.3, -0.25) is 4.79 Å². The Morgan fingerprint density at radius 2 is 1.94 bits per heavy atom. The number of hydrogen-bond acceptors (Lipinski definition) is 5. The minimum atomic E-state index is -0.445. The lowest BCUT2D eigenvalue weighted by Gasteiger charge is -2.60. The van der Waals surface area contributed by atoms with Crippen LogP contribution in [0.25, 0.3) is 0 Å². The van der Waals surface area contributed by atoms with Crippen molar-refractivity contribution in [3.8, 4) is 0 Å². The van der Waals surface area contributed by atoms with Crippen molar-refractivity contribution in [2.45, 2.75) is 88.8 Å². The maximum absolute atomic E-state index is 13.4. The second-order valence-electron chi connectivity index (χ2n) is 11.7. The number of thioether (sulfide) groups is 1. The van der Waals surface area contributed by atoms with Crippen LogP contribution in [0.1, 0.15) is 78.1 Å². The number of rotatable bonds is 4. The molecule has 1 N–H and O–H groups in total. The number of carbonyl (C=O) groups excluding carboxylic acids is 1. The van der Waals surface area contributed by atoms with Crippen LogP contribution < -0.4 is 0 Å². The standard InChI is InChI=1S/C25H39N3O2S/c1-24(30)11-9-17-16(13-24)7-8-19-18(17)10-12-25(2)20(19)5-4-6-21(25)22(29)14-31-23-27-26-15-28(23)3/h15-21,30H,4-14H2,1-3H3/t16-,17+,18-,19-,20+,21-,24-,25+/m1/s1. The van der Waals surface area contributed by atoms with Crippen LogP contribution in [-0.2, 0) is 11.8 Å². The summed E-state index contributed by atoms with van der Waals surface area (Å²) in [6.45, 7) is 4.50. The van der Waals surface area contributed by atoms with Crippen LogP contribution in [0.15, 0.2) is 11.5 Å². The Morgan fingerprint density at radius 3 is 2.71 bits per heavy atom. The van der Waals surface area contributed by atoms with Gasteiger partial charge in [-0.2, -0.15) is 0 Å². The minimum Gasteiger partial charge on any atom is -0.390 e. The highest BCUT2D eigenvalue weighted by Crippen LogP contribution is 2.63. The van der Waals surface area contributed by atoms with Gasteiger partial charge in [0.1, 0.15) is 12.1 Å². The molecule has 0 aromatic carbocycles. The number of aryl methyl sites for hydroxylation is 1. The highest BCUT2D eigenvalue weighted by Gasteiger charge is 2.57. The van der Waals surface area contributed by atoms with Gasteiger partial charge in [-0.05, 0) is 99.7 Å². The van der Waals surface area contributed by atoms with Crippen LogP contribution in [0, 0.1) is 40.9 Å². The van der Waals surface area contributed by atoms with Crippen molar-refractivity contribution in [2.24, 2.45) is 48.0 Å². The molecule has 4 saturated carbocycles. The Kier molecular flexibility index (Phi) is 5.78. The Morgan fingerprint density at radius 1 is 1.13 bits per heavy atom. The zero-order valence-electron chi connectivity index (χ0n) is 19.4. The van der Waals surface area contributed by atoms with Gasteiger partial charge in [0.05, 0.1) is 11.4 Å². The lowest BCUT2D eigenvalue weighted by atomic mass is 9.44. The van der Waals surface area contributed by atoms with E-state index in [4.69, 9.17) is 0 Å². The lowest BCUT2D eigenvalue weighted by Crippen LogP contribution is -2.55. The van der Waals surface area contributed by atoms with E-state index in [1.54, 1.807) is 18.1 Å². The summed E-state index contributed by atoms with van der Waals surface area (Å²) < 4.78 is 1.90. The van der Waals surface area contributed by atoms with Gasteiger partial charge in [0, 0.05) is 13.0 Å². The third kappa shape index (κ3) is 3.90. The second kappa shape index (κ2) is 8.16. The predicted molar refractivity (Wildman–Crippen MR) is 123 cm³/mol. The molecule has 6 heteroatoms. The average Bonchev–Trinajstić information content (AvgIpc) is 3.14. The largest absolute Gasteiger partial charge is 0.390 e. The molecule has 0 amide bonds. The molecular weight excluding hydrogens is 406 g/mol. The third-order valence-electron chi connectivity index (χ3n) is 9.88. The van der Waals surface area contributed by atoms with Crippen molar-refractivity contribution in [2.75, 3.05) is 5.75 Å². The summed E-state index contributed by atoms with van der Waals surface area (Å²) in [5.74, 6) is 5.02. The van der Waals surface area contributed by atoms with Crippen molar-refractivity contribution < 1.29 is 9.90 Å². The third-order valence-corrected chi connectivity index (χ3v) is 10.9. The first-order valence-corrected chi connectivity index (χ1v) is 13.5. The van der Waals surface area contributed by atoms with Crippen LogP contribution in [0.4, 0.5) is 0 Å². The van der Waals surface area contributed by atoms with Crippen LogP contribution in [0.3, 0.4) is 0 Å². The highest BCUT2D eigenvalue weighted by atomic mass is 32.2. The Labute approximate surface area is 191 Å². The molecular formula is C25H39N3O2S. The van der Waals surface area contributed by atoms with Crippen LogP contribution in [-0.4, -0.2) is 37.0 Å². The fourth-order valence-electron chi connectivity index (χ4n) is 8.45. The fraction of sp³-hybridized carbons (Fsp3) is 0.880. The SMILES string of the molecule is Cn1cnnc1SCC(=O)[C@H]1CCC[C@H]2[C@@H]3CC[C@@H]4C[C@](C)(O)CC[C@@H]4[C@H]3CC[C@]12C. The van der Waals surface area contributed by atoms with E-state index in [1.165, 1.54) is 44.9 Å². The van der Waals surface area contributed by atoms with Crippen molar-refractivity contribution >= 4 is 17.5 Å². The topological polar surface area (TPSA) is 68.0 Å². The molecule has 5 nitrogen and oxygen atoms in total. The molecule has 5 rings (SSSR count). The van der Waals surface area contributed by atoms with Crippen molar-refractivity contribution in [3.05, 3.63) is 6.33 Å². The molecule has 0 saturated heterocycles. The zero-order valence-corrected chi connectivity index (χ0v) is 20.2. The van der Waals surface area contributed by atoms with Crippen molar-refractivity contribution in [1.29, 1.82) is 0 Å². The molecule has 0 radical (unpaired) electrons. The van der Waals surface area contributed by atoms with Gasteiger partial charge in [0.25, 0.3) is 0 Å². The van der Waals surface area contributed by atoms with Gasteiger partial charge in [0.15, 0.2) is 5.16 Å². The molecule has 1 heterocycles. The summed E-state index contributed by atoms with van der Waals surface area (Å²) >= 11 is 1.55. The van der Waals surface area contributed by atoms with Gasteiger partial charge in [-0.25, -0.2) is 0 Å². The molecule has 31 heavy (non-hydrogen) atoms. The zero-order chi connectivity index (χ0) is 21.8. The Bertz CT molecular complexity index is 823. The summed E-state index contributed by atoms with van der Waals surface area (Å²) in [6, 6.07) is 0. The summed E-state index contributed by atoms with van der Waals surface area (Å²) in [4.78, 5) is 13.4. The number of fused-ring (bicyclic) bond motifs is 5. The van der Waals surface area contributed by atoms with E-state index in [0.29, 0.717) is 17.5 Å². The first-order valence-electron chi connectivity index (χ1n) is 12.5. The fourth-order valence-corrected chi connectivity index (χ4v) is 9.27. The summed E-state index contributed by atoms with van der Waals surface area (Å²) in [6.07, 6.45) is 13.6. The molecule has 1 aromatic rings. The van der Waals surface area contributed by atoms with E-state index in [-0.39, 0.29) is 11.3 Å². The van der Waals surface area contributed by atoms with E-state index >= 15 is 0 Å². The average molecular weight is 446 g/mol. The number of aromatic nitrogens is 3. The van der Waals surface area contributed by atoms with Crippen LogP contribution in [0.5, 0.6) is 0 Å². The van der Waals surface area contributed by atoms with Gasteiger partial charge in [-0.1, -0.05) is 25.1 Å². The molecule has 0 spiro atoms. The molecule has 0 aliphatic heterocycles. The Balaban J connectivity index is 1.30. The number of aliphatic hydroxyl groups is 1. The number of nitrogens with zero attached hydrogens (tertiary/aromatic N) is 3. The van der Waals surface area contributed by atoms with Crippen LogP contribution in [0.2, 0.25) is 0 Å². The maximum Gasteiger partial charge on any atom is 0.191 e. The first kappa shape index (κ1) is 21.9. The number of hydrogen-bond donors (Lipinski definition) is 1. The van der Waals surface area contributed by atoms with E-state index in [0.717, 1.165) is 48.1 Å². The monoisotopic (exact) mass is 445 g/mol. The quantitative estimate of drug-likeness (QED) is 0.669. The normalized spacial score (nSPS) is 44.8. The molecule has 0 unspecified atom stereocenters. The van der Waals surface area contributed by atoms with Gasteiger partial charge in [-0.15, -0.1) is 10.2 Å². The van der Waals surface area contributed by atoms with Gasteiger partial charge < -0.3 is 9.67 Å². The molecule has 4 aliphatic carbocycles. The predicted octanol–water partition coefficient (Wildman–Crippen LogP) is 4.89. The molecule has 8 atom stereocenters. The number of ketones is 1. The highest BCUT2D eigenvalue weighted by molar-refractivity contribution is 7.99. The summed E-state index contributed by atoms with van der Waals surface area (Å²) in [7, 11) is 1.94. The summed E-state index contributed by atoms with van der Waals surface area (Å²) in [5.41, 5.74) is -0.274. The van der Waals surface area contributed by atoms with Crippen molar-refractivity contribution in [3.63, 3.8) is 0 Å². The van der Waals surface area contributed by atoms with E-state index in [9.17, 15) is 9.90 Å². The lowest BCUT2D eigenvalue weighted by molar-refractivity contribution is -0.146. The second-order valence-corrected chi connectivity index (χ2v) is 12.6. The van der Waals surface area contributed by atoms with E-state index in [2.05, 4.69) is 17.1 Å². The molecule has 4 aliphatic rings. The smallest absolute Gasteiger partial charge is 0.191 e. The number of carbonyl (C=O) groups is 1. The summed E-state index contributed by atoms with van der Waals surface area (Å²) in [5, 5.41) is 19.5. The maximum atomic E-state index is 13.4. The van der Waals surface area contributed by atoms with Gasteiger partial charge >= 0.3 is 0 Å². The first-order chi connectivity index (χ1) is 14.8. The minimum absolute atomic E-state index is 0.171. The molecule has 1 aromatic heterocycles. The van der Waals surface area contributed by atoms with E-state index < -0.39 is 5.60 Å². The molecule has 172 valence electrons. The van der Waals surface area contributed by atoms with Crippen LogP contribution >= 0.6 is 11.8 Å². The molecule has 4 fully saturated rings. The Hall–Kier alpha value is -0.880. The van der Waals surface area contributed by atoms with Crippen molar-refractivity contribution in [1.82, 2.24) is 14.8 Å². The number of Topliss-reactive ketones (excluding diaryl/α,β-unsaturated/α-hetero) is 1. The molecule has 0 bridgehead atoms.